The predicted octanol–water partition coefficient (Wildman–Crippen LogP) is 6.81. The first kappa shape index (κ1) is 27.1. The van der Waals surface area contributed by atoms with Gasteiger partial charge in [-0.1, -0.05) is 48.0 Å². The molecule has 1 fully saturated rings. The maximum Gasteiger partial charge on any atom is 0.185 e. The zero-order valence-corrected chi connectivity index (χ0v) is 24.0. The van der Waals surface area contributed by atoms with E-state index in [2.05, 4.69) is 0 Å². The molecule has 0 N–H and O–H groups in total. The fraction of sp³-hybridized carbons (Fsp3) is 0.171. The lowest BCUT2D eigenvalue weighted by Gasteiger charge is -2.37. The largest absolute Gasteiger partial charge is 0.497 e. The molecule has 4 aromatic rings. The van der Waals surface area contributed by atoms with Crippen LogP contribution < -0.4 is 14.4 Å². The van der Waals surface area contributed by atoms with Crippen LogP contribution in [-0.2, 0) is 0 Å². The van der Waals surface area contributed by atoms with E-state index in [0.29, 0.717) is 50.0 Å². The number of benzene rings is 4. The Bertz CT molecular complexity index is 1830. The van der Waals surface area contributed by atoms with E-state index in [0.717, 1.165) is 0 Å². The number of fused-ring (bicyclic) bond motifs is 5. The lowest BCUT2D eigenvalue weighted by molar-refractivity contribution is 0.0664. The average molecular weight is 594 g/mol. The van der Waals surface area contributed by atoms with Crippen LogP contribution in [0.5, 0.6) is 11.5 Å². The van der Waals surface area contributed by atoms with Gasteiger partial charge < -0.3 is 14.4 Å². The summed E-state index contributed by atoms with van der Waals surface area (Å²) in [5, 5.41) is 0.460. The summed E-state index contributed by atoms with van der Waals surface area (Å²) in [4.78, 5) is 46.2. The van der Waals surface area contributed by atoms with Gasteiger partial charge in [-0.15, -0.1) is 0 Å². The smallest absolute Gasteiger partial charge is 0.185 e. The van der Waals surface area contributed by atoms with Gasteiger partial charge in [0.05, 0.1) is 20.3 Å². The van der Waals surface area contributed by atoms with Crippen molar-refractivity contribution in [1.29, 1.82) is 0 Å². The summed E-state index contributed by atoms with van der Waals surface area (Å²) in [6, 6.07) is 20.8. The third-order valence-electron chi connectivity index (χ3n) is 8.94. The molecule has 8 heteroatoms. The summed E-state index contributed by atoms with van der Waals surface area (Å²) in [5.41, 5.74) is 0.782. The Hall–Kier alpha value is -4.75. The van der Waals surface area contributed by atoms with E-state index in [9.17, 15) is 18.8 Å². The zero-order valence-electron chi connectivity index (χ0n) is 23.2. The fourth-order valence-electron chi connectivity index (χ4n) is 7.16. The average Bonchev–Trinajstić information content (AvgIpc) is 3.46. The minimum absolute atomic E-state index is 0.303. The molecule has 0 saturated carbocycles. The van der Waals surface area contributed by atoms with E-state index in [1.165, 1.54) is 26.4 Å². The third-order valence-corrected chi connectivity index (χ3v) is 9.19. The van der Waals surface area contributed by atoms with Crippen molar-refractivity contribution in [2.24, 2.45) is 5.41 Å². The second-order valence-corrected chi connectivity index (χ2v) is 11.3. The SMILES string of the molecule is COc1ccc(OC)c(C2C(C(=O)c3ccc(Cl)cc3)N3c4ccc(F)cc4C=CC3C23C(=O)c2ccccc2C3=O)c1. The zero-order chi connectivity index (χ0) is 30.0. The first-order valence-electron chi connectivity index (χ1n) is 13.8. The van der Waals surface area contributed by atoms with Crippen LogP contribution >= 0.6 is 11.6 Å². The van der Waals surface area contributed by atoms with Crippen molar-refractivity contribution in [3.63, 3.8) is 0 Å². The van der Waals surface area contributed by atoms with E-state index in [1.54, 1.807) is 84.9 Å². The Labute approximate surface area is 252 Å². The summed E-state index contributed by atoms with van der Waals surface area (Å²) in [7, 11) is 3.02. The number of rotatable bonds is 5. The Morgan fingerprint density at radius 3 is 2.23 bits per heavy atom. The van der Waals surface area contributed by atoms with E-state index in [-0.39, 0.29) is 17.3 Å². The van der Waals surface area contributed by atoms with Crippen molar-refractivity contribution in [2.45, 2.75) is 18.0 Å². The van der Waals surface area contributed by atoms with Gasteiger partial charge in [-0.3, -0.25) is 14.4 Å². The normalized spacial score (nSPS) is 21.0. The van der Waals surface area contributed by atoms with Crippen LogP contribution in [-0.4, -0.2) is 43.7 Å². The highest BCUT2D eigenvalue weighted by Gasteiger charge is 2.72. The number of carbonyl (C=O) groups excluding carboxylic acids is 3. The van der Waals surface area contributed by atoms with Gasteiger partial charge in [-0.05, 0) is 60.7 Å². The number of nitrogens with zero attached hydrogens (tertiary/aromatic N) is 1. The molecule has 2 aliphatic heterocycles. The highest BCUT2D eigenvalue weighted by atomic mass is 35.5. The molecule has 7 rings (SSSR count). The molecule has 3 aliphatic rings. The molecule has 214 valence electrons. The molecular weight excluding hydrogens is 569 g/mol. The Morgan fingerprint density at radius 2 is 1.58 bits per heavy atom. The number of hydrogen-bond acceptors (Lipinski definition) is 6. The van der Waals surface area contributed by atoms with Gasteiger partial charge in [0.1, 0.15) is 28.8 Å². The van der Waals surface area contributed by atoms with Gasteiger partial charge in [0.25, 0.3) is 0 Å². The van der Waals surface area contributed by atoms with Crippen molar-refractivity contribution in [3.8, 4) is 11.5 Å². The van der Waals surface area contributed by atoms with Crippen molar-refractivity contribution < 1.29 is 28.2 Å². The molecule has 3 atom stereocenters. The molecule has 3 unspecified atom stereocenters. The van der Waals surface area contributed by atoms with E-state index in [1.807, 2.05) is 4.90 Å². The molecule has 1 aliphatic carbocycles. The first-order chi connectivity index (χ1) is 20.8. The Morgan fingerprint density at radius 1 is 0.884 bits per heavy atom. The number of methoxy groups -OCH3 is 2. The van der Waals surface area contributed by atoms with Crippen LogP contribution in [0.3, 0.4) is 0 Å². The quantitative estimate of drug-likeness (QED) is 0.187. The monoisotopic (exact) mass is 593 g/mol. The maximum absolute atomic E-state index is 14.8. The van der Waals surface area contributed by atoms with Gasteiger partial charge in [0.15, 0.2) is 17.3 Å². The minimum atomic E-state index is -1.74. The van der Waals surface area contributed by atoms with Crippen LogP contribution in [0.1, 0.15) is 48.1 Å². The molecule has 6 nitrogen and oxygen atoms in total. The highest BCUT2D eigenvalue weighted by molar-refractivity contribution is 6.32. The summed E-state index contributed by atoms with van der Waals surface area (Å²) >= 11 is 6.17. The molecule has 2 heterocycles. The molecular formula is C35H25ClFNO5. The predicted molar refractivity (Wildman–Crippen MR) is 161 cm³/mol. The van der Waals surface area contributed by atoms with E-state index >= 15 is 0 Å². The van der Waals surface area contributed by atoms with Gasteiger partial charge in [-0.25, -0.2) is 4.39 Å². The number of carbonyl (C=O) groups is 3. The van der Waals surface area contributed by atoms with Crippen molar-refractivity contribution in [2.75, 3.05) is 19.1 Å². The van der Waals surface area contributed by atoms with Gasteiger partial charge in [-0.2, -0.15) is 0 Å². The molecule has 0 amide bonds. The van der Waals surface area contributed by atoms with Gasteiger partial charge >= 0.3 is 0 Å². The Balaban J connectivity index is 1.58. The van der Waals surface area contributed by atoms with Crippen LogP contribution in [0.2, 0.25) is 5.02 Å². The molecule has 0 bridgehead atoms. The van der Waals surface area contributed by atoms with Crippen molar-refractivity contribution in [1.82, 2.24) is 0 Å². The summed E-state index contributed by atoms with van der Waals surface area (Å²) in [6.45, 7) is 0. The molecule has 4 aromatic carbocycles. The fourth-order valence-corrected chi connectivity index (χ4v) is 7.28. The lowest BCUT2D eigenvalue weighted by atomic mass is 9.64. The summed E-state index contributed by atoms with van der Waals surface area (Å²) < 4.78 is 25.8. The molecule has 0 radical (unpaired) electrons. The number of halogens is 2. The minimum Gasteiger partial charge on any atom is -0.497 e. The number of hydrogen-bond donors (Lipinski definition) is 0. The summed E-state index contributed by atoms with van der Waals surface area (Å²) in [5.74, 6) is -1.66. The molecule has 1 spiro atoms. The third kappa shape index (κ3) is 3.74. The second kappa shape index (κ2) is 9.92. The lowest BCUT2D eigenvalue weighted by Crippen LogP contribution is -2.48. The standard InChI is InChI=1S/C35H25ClFNO5/c1-42-23-13-15-28(43-2)26(18-23)30-31(32(39)19-7-10-21(36)11-8-19)38-27-14-12-22(37)17-20(27)9-16-29(38)35(30)33(40)24-5-3-4-6-25(24)34(35)41/h3-18,29-31H,1-2H3. The summed E-state index contributed by atoms with van der Waals surface area (Å²) in [6.07, 6.45) is 3.47. The second-order valence-electron chi connectivity index (χ2n) is 10.9. The van der Waals surface area contributed by atoms with Crippen molar-refractivity contribution >= 4 is 40.7 Å². The topological polar surface area (TPSA) is 72.9 Å². The van der Waals surface area contributed by atoms with Crippen LogP contribution in [0.15, 0.2) is 91.0 Å². The number of ketones is 3. The van der Waals surface area contributed by atoms with Gasteiger partial charge in [0.2, 0.25) is 0 Å². The molecule has 1 saturated heterocycles. The molecule has 43 heavy (non-hydrogen) atoms. The number of Topliss-reactive ketones (excluding diaryl/α,β-unsaturated/α-hetero) is 3. The number of anilines is 1. The van der Waals surface area contributed by atoms with Gasteiger partial charge in [0, 0.05) is 44.4 Å². The first-order valence-corrected chi connectivity index (χ1v) is 14.2. The number of ether oxygens (including phenoxy) is 2. The maximum atomic E-state index is 14.8. The van der Waals surface area contributed by atoms with E-state index in [4.69, 9.17) is 21.1 Å². The van der Waals surface area contributed by atoms with Crippen LogP contribution in [0.25, 0.3) is 6.08 Å². The van der Waals surface area contributed by atoms with Crippen molar-refractivity contribution in [3.05, 3.63) is 130 Å². The van der Waals surface area contributed by atoms with Crippen LogP contribution in [0, 0.1) is 11.2 Å². The highest BCUT2D eigenvalue weighted by Crippen LogP contribution is 2.62. The Kier molecular flexibility index (Phi) is 6.25. The van der Waals surface area contributed by atoms with E-state index < -0.39 is 29.2 Å². The van der Waals surface area contributed by atoms with Crippen LogP contribution in [0.4, 0.5) is 10.1 Å². The molecule has 0 aromatic heterocycles.